The molecule has 5 atom stereocenters. The summed E-state index contributed by atoms with van der Waals surface area (Å²) in [7, 11) is 0. The number of carbonyl (C=O) groups is 4. The van der Waals surface area contributed by atoms with Crippen molar-refractivity contribution in [3.63, 3.8) is 0 Å². The molecule has 2 N–H and O–H groups in total. The number of esters is 4. The van der Waals surface area contributed by atoms with E-state index in [1.54, 1.807) is 12.1 Å². The van der Waals surface area contributed by atoms with Gasteiger partial charge in [0.05, 0.1) is 0 Å². The summed E-state index contributed by atoms with van der Waals surface area (Å²) in [5.74, 6) is 3.84. The van der Waals surface area contributed by atoms with E-state index in [2.05, 4.69) is 10.2 Å². The topological polar surface area (TPSA) is 171 Å². The second-order valence-electron chi connectivity index (χ2n) is 7.73. The van der Waals surface area contributed by atoms with Gasteiger partial charge in [-0.15, -0.1) is 10.2 Å². The normalized spacial score (nSPS) is 23.4. The number of aromatic nitrogens is 3. The highest BCUT2D eigenvalue weighted by Crippen LogP contribution is 2.37. The lowest BCUT2D eigenvalue weighted by Gasteiger charge is -2.43. The number of benzene rings is 1. The summed E-state index contributed by atoms with van der Waals surface area (Å²) < 4.78 is 28.6. The number of nitrogens with two attached hydrogens (primary N) is 1. The van der Waals surface area contributed by atoms with Crippen LogP contribution in [-0.2, 0) is 42.9 Å². The van der Waals surface area contributed by atoms with E-state index in [9.17, 15) is 19.2 Å². The van der Waals surface area contributed by atoms with Gasteiger partial charge in [-0.2, -0.15) is 0 Å². The molecule has 2 aromatic rings. The molecule has 3 rings (SSSR count). The summed E-state index contributed by atoms with van der Waals surface area (Å²) in [6, 6.07) is 9.08. The lowest BCUT2D eigenvalue weighted by molar-refractivity contribution is -0.237. The van der Waals surface area contributed by atoms with Gasteiger partial charge in [0.2, 0.25) is 5.16 Å². The number of carbonyl (C=O) groups excluding carboxylic acids is 4. The molecule has 2 heterocycles. The Bertz CT molecular complexity index is 1110. The van der Waals surface area contributed by atoms with Crippen molar-refractivity contribution in [1.29, 1.82) is 0 Å². The highest BCUT2D eigenvalue weighted by atomic mass is 32.2. The van der Waals surface area contributed by atoms with Crippen LogP contribution in [0.15, 0.2) is 35.5 Å². The molecule has 0 saturated carbocycles. The Morgan fingerprint density at radius 3 is 2.06 bits per heavy atom. The molecule has 1 aromatic heterocycles. The fourth-order valence-corrected chi connectivity index (χ4v) is 4.57. The number of hydrogen-bond acceptors (Lipinski definition) is 13. The van der Waals surface area contributed by atoms with Crippen LogP contribution in [0.4, 0.5) is 0 Å². The third-order valence-electron chi connectivity index (χ3n) is 4.87. The zero-order valence-electron chi connectivity index (χ0n) is 20.0. The summed E-state index contributed by atoms with van der Waals surface area (Å²) in [6.07, 6.45) is -4.85. The summed E-state index contributed by atoms with van der Waals surface area (Å²) in [4.78, 5) is 47.2. The first-order valence-corrected chi connectivity index (χ1v) is 11.7. The van der Waals surface area contributed by atoms with Crippen LogP contribution in [0.25, 0.3) is 11.4 Å². The molecule has 1 saturated heterocycles. The van der Waals surface area contributed by atoms with Crippen LogP contribution in [-0.4, -0.2) is 75.2 Å². The van der Waals surface area contributed by atoms with Crippen LogP contribution in [0, 0.1) is 0 Å². The molecule has 194 valence electrons. The van der Waals surface area contributed by atoms with Crippen LogP contribution in [0.1, 0.15) is 27.7 Å². The first kappa shape index (κ1) is 26.9. The summed E-state index contributed by atoms with van der Waals surface area (Å²) >= 11 is 0.939. The summed E-state index contributed by atoms with van der Waals surface area (Å²) in [6.45, 7) is 4.33. The minimum atomic E-state index is -1.29. The van der Waals surface area contributed by atoms with Crippen molar-refractivity contribution in [3.05, 3.63) is 30.3 Å². The Labute approximate surface area is 210 Å². The second kappa shape index (κ2) is 11.9. The van der Waals surface area contributed by atoms with Crippen molar-refractivity contribution in [2.24, 2.45) is 0 Å². The zero-order chi connectivity index (χ0) is 26.4. The van der Waals surface area contributed by atoms with Gasteiger partial charge in [-0.05, 0) is 11.8 Å². The Balaban J connectivity index is 1.99. The van der Waals surface area contributed by atoms with Crippen molar-refractivity contribution in [1.82, 2.24) is 14.9 Å². The van der Waals surface area contributed by atoms with Gasteiger partial charge in [-0.3, -0.25) is 19.2 Å². The Kier molecular flexibility index (Phi) is 8.88. The van der Waals surface area contributed by atoms with Crippen LogP contribution in [0.3, 0.4) is 0 Å². The minimum Gasteiger partial charge on any atom is -0.463 e. The maximum absolute atomic E-state index is 12.0. The van der Waals surface area contributed by atoms with E-state index in [1.165, 1.54) is 11.6 Å². The molecule has 13 nitrogen and oxygen atoms in total. The quantitative estimate of drug-likeness (QED) is 0.294. The standard InChI is InChI=1S/C22H26N4O9S/c1-11(27)31-10-16-17(32-12(2)28)18(33-13(3)29)19(34-14(4)30)21(35-16)36-22-25-24-20(26(22)23)15-8-6-5-7-9-15/h5-9,16-19,21H,10,23H2,1-4H3/t16-,17-,18-,19+,21+/m0/s1. The molecule has 0 aliphatic carbocycles. The molecular weight excluding hydrogens is 496 g/mol. The number of nitrogens with zero attached hydrogens (tertiary/aromatic N) is 3. The maximum Gasteiger partial charge on any atom is 0.303 e. The Morgan fingerprint density at radius 1 is 0.889 bits per heavy atom. The lowest BCUT2D eigenvalue weighted by atomic mass is 9.99. The number of ether oxygens (including phenoxy) is 5. The molecule has 1 aliphatic heterocycles. The highest BCUT2D eigenvalue weighted by molar-refractivity contribution is 7.99. The van der Waals surface area contributed by atoms with E-state index in [0.717, 1.165) is 32.5 Å². The van der Waals surface area contributed by atoms with E-state index in [4.69, 9.17) is 29.5 Å². The molecule has 14 heteroatoms. The summed E-state index contributed by atoms with van der Waals surface area (Å²) in [5.41, 5.74) is -0.360. The van der Waals surface area contributed by atoms with Gasteiger partial charge in [-0.25, -0.2) is 4.68 Å². The largest absolute Gasteiger partial charge is 0.463 e. The predicted octanol–water partition coefficient (Wildman–Crippen LogP) is 0.834. The van der Waals surface area contributed by atoms with Gasteiger partial charge in [0.1, 0.15) is 12.7 Å². The van der Waals surface area contributed by atoms with Crippen LogP contribution >= 0.6 is 11.8 Å². The SMILES string of the molecule is CC(=O)OC[C@@H]1O[C@H](Sc2nnc(-c3ccccc3)n2N)[C@H](OC(C)=O)[C@@H](OC(C)=O)[C@H]1OC(C)=O. The number of thioether (sulfide) groups is 1. The second-order valence-corrected chi connectivity index (χ2v) is 8.79. The van der Waals surface area contributed by atoms with Crippen molar-refractivity contribution >= 4 is 35.6 Å². The monoisotopic (exact) mass is 522 g/mol. The highest BCUT2D eigenvalue weighted by Gasteiger charge is 2.52. The molecule has 36 heavy (non-hydrogen) atoms. The van der Waals surface area contributed by atoms with Crippen molar-refractivity contribution in [2.75, 3.05) is 12.4 Å². The van der Waals surface area contributed by atoms with Crippen LogP contribution in [0.2, 0.25) is 0 Å². The summed E-state index contributed by atoms with van der Waals surface area (Å²) in [5, 5.41) is 8.41. The lowest BCUT2D eigenvalue weighted by Crippen LogP contribution is -2.61. The van der Waals surface area contributed by atoms with E-state index in [1.807, 2.05) is 18.2 Å². The third kappa shape index (κ3) is 6.73. The van der Waals surface area contributed by atoms with Gasteiger partial charge >= 0.3 is 23.9 Å². The molecule has 1 aromatic carbocycles. The molecule has 0 spiro atoms. The van der Waals surface area contributed by atoms with Gasteiger partial charge in [0, 0.05) is 33.3 Å². The molecule has 0 amide bonds. The van der Waals surface area contributed by atoms with Gasteiger partial charge in [0.15, 0.2) is 29.6 Å². The fraction of sp³-hybridized carbons (Fsp3) is 0.455. The molecular formula is C22H26N4O9S. The van der Waals surface area contributed by atoms with Crippen molar-refractivity contribution in [3.8, 4) is 11.4 Å². The van der Waals surface area contributed by atoms with Gasteiger partial charge in [0.25, 0.3) is 0 Å². The van der Waals surface area contributed by atoms with E-state index >= 15 is 0 Å². The number of hydrogen-bond donors (Lipinski definition) is 1. The Hall–Kier alpha value is -3.65. The third-order valence-corrected chi connectivity index (χ3v) is 5.97. The molecule has 0 radical (unpaired) electrons. The van der Waals surface area contributed by atoms with Crippen LogP contribution in [0.5, 0.6) is 0 Å². The van der Waals surface area contributed by atoms with E-state index < -0.39 is 53.7 Å². The van der Waals surface area contributed by atoms with E-state index in [-0.39, 0.29) is 11.8 Å². The van der Waals surface area contributed by atoms with Gasteiger partial charge in [-0.1, -0.05) is 30.3 Å². The molecule has 1 aliphatic rings. The molecule has 0 bridgehead atoms. The Morgan fingerprint density at radius 2 is 1.47 bits per heavy atom. The minimum absolute atomic E-state index is 0.190. The van der Waals surface area contributed by atoms with Crippen LogP contribution < -0.4 is 5.84 Å². The molecule has 1 fully saturated rings. The zero-order valence-corrected chi connectivity index (χ0v) is 20.8. The fourth-order valence-electron chi connectivity index (χ4n) is 3.53. The number of nitrogen functional groups attached to an aromatic ring is 1. The van der Waals surface area contributed by atoms with E-state index in [0.29, 0.717) is 11.4 Å². The smallest absolute Gasteiger partial charge is 0.303 e. The number of rotatable bonds is 8. The predicted molar refractivity (Wildman–Crippen MR) is 123 cm³/mol. The molecule has 0 unspecified atom stereocenters. The van der Waals surface area contributed by atoms with Gasteiger partial charge < -0.3 is 29.5 Å². The average molecular weight is 523 g/mol. The first-order valence-electron chi connectivity index (χ1n) is 10.8. The maximum atomic E-state index is 12.0. The van der Waals surface area contributed by atoms with Crippen molar-refractivity contribution < 1.29 is 42.9 Å². The van der Waals surface area contributed by atoms with Crippen molar-refractivity contribution in [2.45, 2.75) is 62.7 Å². The first-order chi connectivity index (χ1) is 17.1. The average Bonchev–Trinajstić information content (AvgIpc) is 3.16.